The van der Waals surface area contributed by atoms with Crippen LogP contribution in [0.15, 0.2) is 30.6 Å². The molecular weight excluding hydrogens is 336 g/mol. The van der Waals surface area contributed by atoms with E-state index in [0.717, 1.165) is 11.3 Å². The fourth-order valence-corrected chi connectivity index (χ4v) is 2.77. The van der Waals surface area contributed by atoms with E-state index in [-0.39, 0.29) is 10.7 Å². The van der Waals surface area contributed by atoms with Gasteiger partial charge in [0, 0.05) is 31.1 Å². The highest BCUT2D eigenvalue weighted by Gasteiger charge is 2.25. The van der Waals surface area contributed by atoms with E-state index in [1.54, 1.807) is 45.3 Å². The van der Waals surface area contributed by atoms with Crippen LogP contribution in [0.3, 0.4) is 0 Å². The highest BCUT2D eigenvalue weighted by molar-refractivity contribution is 7.19. The minimum Gasteiger partial charge on any atom is -0.443 e. The Bertz CT molecular complexity index is 750. The molecule has 0 aliphatic rings. The molecule has 0 spiro atoms. The van der Waals surface area contributed by atoms with Crippen molar-refractivity contribution in [3.05, 3.63) is 36.3 Å². The van der Waals surface area contributed by atoms with Gasteiger partial charge in [-0.25, -0.2) is 9.78 Å². The van der Waals surface area contributed by atoms with Gasteiger partial charge in [0.05, 0.1) is 0 Å². The molecule has 0 aliphatic heterocycles. The van der Waals surface area contributed by atoms with Crippen LogP contribution in [0.4, 0.5) is 18.6 Å². The molecule has 0 atom stereocenters. The summed E-state index contributed by atoms with van der Waals surface area (Å²) in [6.07, 6.45) is 1.28. The summed E-state index contributed by atoms with van der Waals surface area (Å²) in [7, 11) is 1.46. The van der Waals surface area contributed by atoms with Crippen LogP contribution in [0.5, 0.6) is 0 Å². The van der Waals surface area contributed by atoms with Crippen LogP contribution in [0, 0.1) is 0 Å². The van der Waals surface area contributed by atoms with E-state index in [0.29, 0.717) is 16.6 Å². The van der Waals surface area contributed by atoms with Gasteiger partial charge in [0.15, 0.2) is 0 Å². The molecule has 128 valence electrons. The first-order valence-electron chi connectivity index (χ1n) is 7.08. The lowest BCUT2D eigenvalue weighted by Gasteiger charge is -2.24. The molecule has 0 N–H and O–H groups in total. The number of aromatic nitrogens is 2. The van der Waals surface area contributed by atoms with Crippen molar-refractivity contribution in [2.24, 2.45) is 0 Å². The van der Waals surface area contributed by atoms with Crippen LogP contribution < -0.4 is 4.90 Å². The van der Waals surface area contributed by atoms with Crippen LogP contribution in [0.25, 0.3) is 16.6 Å². The zero-order valence-electron chi connectivity index (χ0n) is 13.7. The minimum atomic E-state index is -1.89. The van der Waals surface area contributed by atoms with E-state index in [1.807, 2.05) is 0 Å². The van der Waals surface area contributed by atoms with E-state index < -0.39 is 17.8 Å². The van der Waals surface area contributed by atoms with Gasteiger partial charge < -0.3 is 4.74 Å². The van der Waals surface area contributed by atoms with Gasteiger partial charge in [-0.1, -0.05) is 11.3 Å². The maximum atomic E-state index is 12.7. The van der Waals surface area contributed by atoms with Gasteiger partial charge in [-0.2, -0.15) is 8.78 Å². The lowest BCUT2D eigenvalue weighted by atomic mass is 10.2. The van der Waals surface area contributed by atoms with Gasteiger partial charge in [-0.15, -0.1) is 0 Å². The molecule has 0 aromatic carbocycles. The van der Waals surface area contributed by atoms with Crippen molar-refractivity contribution in [1.82, 2.24) is 9.97 Å². The monoisotopic (exact) mass is 353 g/mol. The zero-order valence-corrected chi connectivity index (χ0v) is 14.5. The molecule has 2 heterocycles. The van der Waals surface area contributed by atoms with Crippen molar-refractivity contribution in [2.75, 3.05) is 11.9 Å². The Labute approximate surface area is 142 Å². The average molecular weight is 353 g/mol. The molecule has 0 saturated carbocycles. The molecule has 2 aromatic rings. The van der Waals surface area contributed by atoms with Gasteiger partial charge in [0.2, 0.25) is 0 Å². The maximum Gasteiger partial charge on any atom is 0.415 e. The molecule has 2 rings (SSSR count). The summed E-state index contributed by atoms with van der Waals surface area (Å²) in [5.41, 5.74) is -0.00345. The first-order chi connectivity index (χ1) is 11.2. The number of nitrogens with zero attached hydrogens (tertiary/aromatic N) is 3. The molecule has 1 amide bonds. The molecule has 0 bridgehead atoms. The van der Waals surface area contributed by atoms with E-state index >= 15 is 0 Å². The van der Waals surface area contributed by atoms with Crippen molar-refractivity contribution in [3.63, 3.8) is 0 Å². The molecule has 0 unspecified atom stereocenters. The normalized spacial score (nSPS) is 11.1. The van der Waals surface area contributed by atoms with E-state index in [9.17, 15) is 13.6 Å². The van der Waals surface area contributed by atoms with Crippen LogP contribution >= 0.6 is 11.3 Å². The molecule has 24 heavy (non-hydrogen) atoms. The van der Waals surface area contributed by atoms with Crippen molar-refractivity contribution in [2.45, 2.75) is 26.4 Å². The SMILES string of the molecule is CN(C(=O)OC(C)(C)C)c1sc(-c2cccnc2)nc1C=C(F)F. The first kappa shape index (κ1) is 18.0. The average Bonchev–Trinajstić information content (AvgIpc) is 2.88. The molecule has 0 aliphatic carbocycles. The molecule has 2 aromatic heterocycles. The summed E-state index contributed by atoms with van der Waals surface area (Å²) in [4.78, 5) is 21.6. The minimum absolute atomic E-state index is 0.00668. The number of rotatable bonds is 3. The standard InChI is InChI=1S/C16H17F2N3O2S/c1-16(2,3)23-15(22)21(4)14-11(8-12(17)18)20-13(24-14)10-6-5-7-19-9-10/h5-9H,1-4H3. The third-order valence-corrected chi connectivity index (χ3v) is 3.96. The predicted octanol–water partition coefficient (Wildman–Crippen LogP) is 4.81. The Hall–Kier alpha value is -2.35. The lowest BCUT2D eigenvalue weighted by molar-refractivity contribution is 0.0590. The maximum absolute atomic E-state index is 12.7. The third-order valence-electron chi connectivity index (χ3n) is 2.76. The summed E-state index contributed by atoms with van der Waals surface area (Å²) < 4.78 is 30.7. The number of anilines is 1. The largest absolute Gasteiger partial charge is 0.443 e. The number of carbonyl (C=O) groups excluding carboxylic acids is 1. The smallest absolute Gasteiger partial charge is 0.415 e. The number of hydrogen-bond donors (Lipinski definition) is 0. The summed E-state index contributed by atoms with van der Waals surface area (Å²) in [6, 6.07) is 3.49. The van der Waals surface area contributed by atoms with Crippen LogP contribution in [0.1, 0.15) is 26.5 Å². The summed E-state index contributed by atoms with van der Waals surface area (Å²) in [5.74, 6) is 0. The van der Waals surface area contributed by atoms with Gasteiger partial charge in [-0.3, -0.25) is 9.88 Å². The number of pyridine rings is 1. The second kappa shape index (κ2) is 7.04. The Morgan fingerprint density at radius 3 is 2.62 bits per heavy atom. The summed E-state index contributed by atoms with van der Waals surface area (Å²) in [6.45, 7) is 5.19. The van der Waals surface area contributed by atoms with Crippen molar-refractivity contribution in [1.29, 1.82) is 0 Å². The van der Waals surface area contributed by atoms with Crippen LogP contribution in [-0.4, -0.2) is 28.7 Å². The topological polar surface area (TPSA) is 55.3 Å². The summed E-state index contributed by atoms with van der Waals surface area (Å²) in [5, 5.41) is 0.761. The van der Waals surface area contributed by atoms with Gasteiger partial charge >= 0.3 is 6.09 Å². The molecule has 0 fully saturated rings. The Morgan fingerprint density at radius 1 is 1.38 bits per heavy atom. The van der Waals surface area contributed by atoms with Gasteiger partial charge in [-0.05, 0) is 32.9 Å². The quantitative estimate of drug-likeness (QED) is 0.794. The highest BCUT2D eigenvalue weighted by Crippen LogP contribution is 2.36. The fourth-order valence-electron chi connectivity index (χ4n) is 1.79. The first-order valence-corrected chi connectivity index (χ1v) is 7.89. The number of amides is 1. The second-order valence-electron chi connectivity index (χ2n) is 5.92. The molecule has 5 nitrogen and oxygen atoms in total. The van der Waals surface area contributed by atoms with Gasteiger partial charge in [0.1, 0.15) is 21.3 Å². The molecular formula is C16H17F2N3O2S. The Morgan fingerprint density at radius 2 is 2.08 bits per heavy atom. The van der Waals surface area contributed by atoms with Crippen molar-refractivity contribution < 1.29 is 18.3 Å². The number of ether oxygens (including phenoxy) is 1. The van der Waals surface area contributed by atoms with E-state index in [4.69, 9.17) is 4.74 Å². The van der Waals surface area contributed by atoms with Crippen molar-refractivity contribution >= 4 is 28.5 Å². The Kier molecular flexibility index (Phi) is 5.28. The van der Waals surface area contributed by atoms with Gasteiger partial charge in [0.25, 0.3) is 6.08 Å². The predicted molar refractivity (Wildman–Crippen MR) is 90.2 cm³/mol. The lowest BCUT2D eigenvalue weighted by Crippen LogP contribution is -2.34. The fraction of sp³-hybridized carbons (Fsp3) is 0.312. The molecule has 8 heteroatoms. The number of hydrogen-bond acceptors (Lipinski definition) is 5. The van der Waals surface area contributed by atoms with Crippen LogP contribution in [-0.2, 0) is 4.74 Å². The second-order valence-corrected chi connectivity index (χ2v) is 6.90. The van der Waals surface area contributed by atoms with Crippen molar-refractivity contribution in [3.8, 4) is 10.6 Å². The number of thiazole rings is 1. The number of carbonyl (C=O) groups is 1. The van der Waals surface area contributed by atoms with E-state index in [1.165, 1.54) is 11.9 Å². The Balaban J connectivity index is 2.42. The van der Waals surface area contributed by atoms with E-state index in [2.05, 4.69) is 9.97 Å². The zero-order chi connectivity index (χ0) is 17.9. The highest BCUT2D eigenvalue weighted by atomic mass is 32.1. The molecule has 0 radical (unpaired) electrons. The molecule has 0 saturated heterocycles. The third kappa shape index (κ3) is 4.58. The number of halogens is 2. The van der Waals surface area contributed by atoms with Crippen LogP contribution in [0.2, 0.25) is 0 Å². The summed E-state index contributed by atoms with van der Waals surface area (Å²) >= 11 is 1.11.